The normalized spacial score (nSPS) is 15.7. The van der Waals surface area contributed by atoms with Crippen molar-refractivity contribution in [2.45, 2.75) is 46.6 Å². The van der Waals surface area contributed by atoms with Crippen LogP contribution < -0.4 is 15.0 Å². The first-order valence-electron chi connectivity index (χ1n) is 11.9. The minimum Gasteiger partial charge on any atom is -0.493 e. The maximum Gasteiger partial charge on any atom is 0.260 e. The summed E-state index contributed by atoms with van der Waals surface area (Å²) in [5, 5.41) is 1.77. The number of fused-ring (bicyclic) bond motifs is 3. The van der Waals surface area contributed by atoms with Crippen LogP contribution >= 0.6 is 34.5 Å². The number of hydrogen-bond donors (Lipinski definition) is 1. The van der Waals surface area contributed by atoms with E-state index in [1.165, 1.54) is 4.88 Å². The lowest BCUT2D eigenvalue weighted by Gasteiger charge is -2.33. The number of halogens is 2. The van der Waals surface area contributed by atoms with Crippen molar-refractivity contribution in [3.63, 3.8) is 0 Å². The van der Waals surface area contributed by atoms with Gasteiger partial charge in [0.25, 0.3) is 5.56 Å². The lowest BCUT2D eigenvalue weighted by atomic mass is 9.72. The molecule has 36 heavy (non-hydrogen) atoms. The maximum absolute atomic E-state index is 13.2. The highest BCUT2D eigenvalue weighted by molar-refractivity contribution is 7.18. The standard InChI is InChI=1S/C28H28Cl2N2O3S/c1-28(2,3)17-7-10-19-22(13-17)36-27-23(19)26(33)31-25(32-27)16-11-20(30)24(21(12-16)34-4)35-14-15-5-8-18(29)9-6-15/h5-6,8-9,11-12,17H,7,10,13-14H2,1-4H3,(H,31,32,33)/t17-/m1/s1. The van der Waals surface area contributed by atoms with Crippen molar-refractivity contribution in [1.82, 2.24) is 9.97 Å². The van der Waals surface area contributed by atoms with Gasteiger partial charge in [-0.05, 0) is 66.0 Å². The number of benzene rings is 2. The van der Waals surface area contributed by atoms with E-state index in [9.17, 15) is 4.79 Å². The third-order valence-electron chi connectivity index (χ3n) is 6.94. The van der Waals surface area contributed by atoms with Gasteiger partial charge < -0.3 is 14.5 Å². The fourth-order valence-electron chi connectivity index (χ4n) is 4.79. The number of rotatable bonds is 5. The van der Waals surface area contributed by atoms with Gasteiger partial charge in [-0.25, -0.2) is 4.98 Å². The van der Waals surface area contributed by atoms with Crippen LogP contribution in [0.3, 0.4) is 0 Å². The Bertz CT molecular complexity index is 1490. The number of nitrogens with zero attached hydrogens (tertiary/aromatic N) is 1. The SMILES string of the molecule is COc1cc(-c2nc3sc4c(c3c(=O)[nH]2)CC[C@@H](C(C)(C)C)C4)cc(Cl)c1OCc1ccc(Cl)cc1. The number of aromatic amines is 1. The monoisotopic (exact) mass is 542 g/mol. The van der Waals surface area contributed by atoms with E-state index in [0.29, 0.717) is 45.5 Å². The minimum atomic E-state index is -0.111. The Hall–Kier alpha value is -2.54. The van der Waals surface area contributed by atoms with Crippen molar-refractivity contribution in [2.75, 3.05) is 7.11 Å². The molecule has 1 aliphatic rings. The van der Waals surface area contributed by atoms with E-state index < -0.39 is 0 Å². The minimum absolute atomic E-state index is 0.111. The number of hydrogen-bond acceptors (Lipinski definition) is 5. The smallest absolute Gasteiger partial charge is 0.260 e. The van der Waals surface area contributed by atoms with Gasteiger partial charge in [-0.15, -0.1) is 11.3 Å². The summed E-state index contributed by atoms with van der Waals surface area (Å²) in [5.74, 6) is 1.96. The molecule has 188 valence electrons. The number of H-pyrrole nitrogens is 1. The molecule has 0 radical (unpaired) electrons. The summed E-state index contributed by atoms with van der Waals surface area (Å²) >= 11 is 14.2. The van der Waals surface area contributed by atoms with Crippen LogP contribution in [0.15, 0.2) is 41.2 Å². The van der Waals surface area contributed by atoms with Crippen molar-refractivity contribution in [3.8, 4) is 22.9 Å². The van der Waals surface area contributed by atoms with Gasteiger partial charge in [-0.3, -0.25) is 4.79 Å². The Labute approximate surface area is 224 Å². The number of ether oxygens (including phenoxy) is 2. The van der Waals surface area contributed by atoms with Gasteiger partial charge in [0.2, 0.25) is 0 Å². The molecule has 2 aromatic carbocycles. The van der Waals surface area contributed by atoms with E-state index in [2.05, 4.69) is 25.8 Å². The first-order chi connectivity index (χ1) is 17.1. The van der Waals surface area contributed by atoms with Gasteiger partial charge in [0.1, 0.15) is 17.3 Å². The van der Waals surface area contributed by atoms with Crippen LogP contribution in [0.1, 0.15) is 43.2 Å². The Morgan fingerprint density at radius 1 is 1.17 bits per heavy atom. The molecule has 0 fully saturated rings. The molecule has 0 saturated carbocycles. The molecule has 1 atom stereocenters. The molecular formula is C28H28Cl2N2O3S. The number of nitrogens with one attached hydrogen (secondary N) is 1. The second-order valence-electron chi connectivity index (χ2n) is 10.3. The second-order valence-corrected chi connectivity index (χ2v) is 12.2. The molecule has 5 nitrogen and oxygen atoms in total. The van der Waals surface area contributed by atoms with Crippen molar-refractivity contribution in [3.05, 3.63) is 72.8 Å². The number of thiophene rings is 1. The highest BCUT2D eigenvalue weighted by Gasteiger charge is 2.31. The number of aromatic nitrogens is 2. The summed E-state index contributed by atoms with van der Waals surface area (Å²) in [6.45, 7) is 7.18. The highest BCUT2D eigenvalue weighted by atomic mass is 35.5. The number of methoxy groups -OCH3 is 1. The van der Waals surface area contributed by atoms with E-state index in [-0.39, 0.29) is 11.0 Å². The first kappa shape index (κ1) is 25.1. The lowest BCUT2D eigenvalue weighted by molar-refractivity contribution is 0.218. The molecule has 0 amide bonds. The Kier molecular flexibility index (Phi) is 6.79. The fraction of sp³-hybridized carbons (Fsp3) is 0.357. The highest BCUT2D eigenvalue weighted by Crippen LogP contribution is 2.43. The van der Waals surface area contributed by atoms with Crippen molar-refractivity contribution < 1.29 is 9.47 Å². The summed E-state index contributed by atoms with van der Waals surface area (Å²) in [7, 11) is 1.56. The molecule has 8 heteroatoms. The van der Waals surface area contributed by atoms with Crippen molar-refractivity contribution in [2.24, 2.45) is 11.3 Å². The molecule has 0 saturated heterocycles. The van der Waals surface area contributed by atoms with Gasteiger partial charge in [0.05, 0.1) is 17.5 Å². The molecule has 2 heterocycles. The molecular weight excluding hydrogens is 515 g/mol. The predicted octanol–water partition coefficient (Wildman–Crippen LogP) is 7.70. The van der Waals surface area contributed by atoms with E-state index in [1.807, 2.05) is 24.3 Å². The summed E-state index contributed by atoms with van der Waals surface area (Å²) in [5.41, 5.74) is 2.91. The molecule has 0 unspecified atom stereocenters. The topological polar surface area (TPSA) is 64.2 Å². The van der Waals surface area contributed by atoms with E-state index >= 15 is 0 Å². The Balaban J connectivity index is 1.48. The zero-order chi connectivity index (χ0) is 25.6. The fourth-order valence-corrected chi connectivity index (χ4v) is 6.48. The van der Waals surface area contributed by atoms with Gasteiger partial charge in [0, 0.05) is 15.5 Å². The van der Waals surface area contributed by atoms with Crippen LogP contribution in [-0.4, -0.2) is 17.1 Å². The lowest BCUT2D eigenvalue weighted by Crippen LogP contribution is -2.26. The van der Waals surface area contributed by atoms with Gasteiger partial charge in [0.15, 0.2) is 11.5 Å². The van der Waals surface area contributed by atoms with Crippen LogP contribution in [0.2, 0.25) is 10.0 Å². The van der Waals surface area contributed by atoms with Crippen molar-refractivity contribution in [1.29, 1.82) is 0 Å². The quantitative estimate of drug-likeness (QED) is 0.280. The molecule has 1 N–H and O–H groups in total. The molecule has 5 rings (SSSR count). The van der Waals surface area contributed by atoms with Crippen LogP contribution in [0.25, 0.3) is 21.6 Å². The van der Waals surface area contributed by atoms with E-state index in [1.54, 1.807) is 30.6 Å². The Morgan fingerprint density at radius 3 is 2.61 bits per heavy atom. The van der Waals surface area contributed by atoms with Crippen LogP contribution in [0, 0.1) is 11.3 Å². The van der Waals surface area contributed by atoms with Gasteiger partial charge >= 0.3 is 0 Å². The third-order valence-corrected chi connectivity index (χ3v) is 8.62. The summed E-state index contributed by atoms with van der Waals surface area (Å²) in [4.78, 5) is 23.1. The van der Waals surface area contributed by atoms with Gasteiger partial charge in [-0.1, -0.05) is 56.1 Å². The third kappa shape index (κ3) is 4.86. The van der Waals surface area contributed by atoms with Crippen molar-refractivity contribution >= 4 is 44.8 Å². The van der Waals surface area contributed by atoms with E-state index in [4.69, 9.17) is 37.7 Å². The first-order valence-corrected chi connectivity index (χ1v) is 13.5. The molecule has 2 aromatic heterocycles. The summed E-state index contributed by atoms with van der Waals surface area (Å²) < 4.78 is 11.5. The molecule has 0 bridgehead atoms. The average molecular weight is 544 g/mol. The molecule has 0 aliphatic heterocycles. The van der Waals surface area contributed by atoms with E-state index in [0.717, 1.165) is 40.6 Å². The molecule has 1 aliphatic carbocycles. The summed E-state index contributed by atoms with van der Waals surface area (Å²) in [6.07, 6.45) is 3.00. The number of aryl methyl sites for hydroxylation is 1. The zero-order valence-corrected chi connectivity index (χ0v) is 23.0. The largest absolute Gasteiger partial charge is 0.493 e. The Morgan fingerprint density at radius 2 is 1.92 bits per heavy atom. The maximum atomic E-state index is 13.2. The predicted molar refractivity (Wildman–Crippen MR) is 148 cm³/mol. The summed E-state index contributed by atoms with van der Waals surface area (Å²) in [6, 6.07) is 10.9. The average Bonchev–Trinajstić information content (AvgIpc) is 3.21. The molecule has 0 spiro atoms. The molecule has 4 aromatic rings. The van der Waals surface area contributed by atoms with Crippen LogP contribution in [-0.2, 0) is 19.4 Å². The van der Waals surface area contributed by atoms with Crippen LogP contribution in [0.4, 0.5) is 0 Å². The van der Waals surface area contributed by atoms with Crippen LogP contribution in [0.5, 0.6) is 11.5 Å². The zero-order valence-electron chi connectivity index (χ0n) is 20.7. The van der Waals surface area contributed by atoms with Gasteiger partial charge in [-0.2, -0.15) is 0 Å². The second kappa shape index (κ2) is 9.73.